The lowest BCUT2D eigenvalue weighted by molar-refractivity contribution is -0.152. The lowest BCUT2D eigenvalue weighted by Crippen LogP contribution is -2.44. The molecule has 2 N–H and O–H groups in total. The Morgan fingerprint density at radius 3 is 2.03 bits per heavy atom. The highest BCUT2D eigenvalue weighted by Gasteiger charge is 2.49. The van der Waals surface area contributed by atoms with Gasteiger partial charge in [-0.2, -0.15) is 0 Å². The Labute approximate surface area is 232 Å². The highest BCUT2D eigenvalue weighted by Crippen LogP contribution is 2.55. The summed E-state index contributed by atoms with van der Waals surface area (Å²) >= 11 is 0. The molecule has 2 rings (SSSR count). The minimum Gasteiger partial charge on any atom is -0.491 e. The first-order valence-corrected chi connectivity index (χ1v) is 15.3. The van der Waals surface area contributed by atoms with Crippen LogP contribution in [0.4, 0.5) is 0 Å². The molecule has 218 valence electrons. The smallest absolute Gasteiger partial charge is 0.307 e. The van der Waals surface area contributed by atoms with Gasteiger partial charge in [-0.1, -0.05) is 86.0 Å². The molecule has 1 heterocycles. The van der Waals surface area contributed by atoms with Gasteiger partial charge < -0.3 is 14.9 Å². The van der Waals surface area contributed by atoms with Gasteiger partial charge in [0.15, 0.2) is 0 Å². The largest absolute Gasteiger partial charge is 0.491 e. The Balaban J connectivity index is 2.07. The number of carboxylic acid groups (broad SMARTS) is 2. The van der Waals surface area contributed by atoms with Crippen LogP contribution in [0.5, 0.6) is 0 Å². The molecule has 1 aliphatic heterocycles. The second-order valence-electron chi connectivity index (χ2n) is 13.4. The molecule has 6 unspecified atom stereocenters. The van der Waals surface area contributed by atoms with E-state index in [0.717, 1.165) is 60.8 Å². The molecule has 6 atom stereocenters. The van der Waals surface area contributed by atoms with Crippen molar-refractivity contribution < 1.29 is 24.5 Å². The lowest BCUT2D eigenvalue weighted by atomic mass is 9.56. The van der Waals surface area contributed by atoms with E-state index in [2.05, 4.69) is 34.6 Å². The Morgan fingerprint density at radius 2 is 1.50 bits per heavy atom. The second-order valence-corrected chi connectivity index (χ2v) is 13.4. The van der Waals surface area contributed by atoms with Crippen LogP contribution in [-0.2, 0) is 14.3 Å². The van der Waals surface area contributed by atoms with Crippen LogP contribution in [-0.4, -0.2) is 28.3 Å². The van der Waals surface area contributed by atoms with E-state index in [1.54, 1.807) is 0 Å². The van der Waals surface area contributed by atoms with Crippen LogP contribution in [0.3, 0.4) is 0 Å². The molecule has 0 fully saturated rings. The maximum atomic E-state index is 12.5. The zero-order chi connectivity index (χ0) is 28.6. The van der Waals surface area contributed by atoms with Crippen LogP contribution < -0.4 is 0 Å². The Hall–Kier alpha value is -1.78. The molecule has 0 radical (unpaired) electrons. The van der Waals surface area contributed by atoms with Crippen LogP contribution in [0.2, 0.25) is 0 Å². The summed E-state index contributed by atoms with van der Waals surface area (Å²) in [7, 11) is 0. The van der Waals surface area contributed by atoms with Gasteiger partial charge in [0.25, 0.3) is 0 Å². The summed E-state index contributed by atoms with van der Waals surface area (Å²) in [6.07, 6.45) is 12.3. The third-order valence-electron chi connectivity index (χ3n) is 9.58. The van der Waals surface area contributed by atoms with E-state index in [-0.39, 0.29) is 23.9 Å². The fourth-order valence-electron chi connectivity index (χ4n) is 7.10. The van der Waals surface area contributed by atoms with Crippen molar-refractivity contribution in [2.75, 3.05) is 0 Å². The first-order valence-electron chi connectivity index (χ1n) is 15.3. The van der Waals surface area contributed by atoms with E-state index in [1.807, 2.05) is 20.8 Å². The maximum absolute atomic E-state index is 12.5. The van der Waals surface area contributed by atoms with Crippen molar-refractivity contribution in [1.82, 2.24) is 0 Å². The summed E-state index contributed by atoms with van der Waals surface area (Å²) in [6, 6.07) is 0. The van der Waals surface area contributed by atoms with Crippen molar-refractivity contribution in [1.29, 1.82) is 0 Å². The monoisotopic (exact) mass is 532 g/mol. The zero-order valence-electron chi connectivity index (χ0n) is 25.6. The van der Waals surface area contributed by atoms with Gasteiger partial charge in [0.2, 0.25) is 0 Å². The Bertz CT molecular complexity index is 869. The quantitative estimate of drug-likeness (QED) is 0.207. The van der Waals surface area contributed by atoms with E-state index >= 15 is 0 Å². The van der Waals surface area contributed by atoms with Crippen LogP contribution in [0.1, 0.15) is 132 Å². The SMILES string of the molecule is CC1=C(C)C2=C(CCC(C)(CCCC(C)CCCC(C)CCCC(C)C)C2C(CC(=O)O)C(=O)O)C(C)O1. The molecule has 0 saturated carbocycles. The molecule has 0 amide bonds. The van der Waals surface area contributed by atoms with Crippen molar-refractivity contribution in [3.05, 3.63) is 22.5 Å². The summed E-state index contributed by atoms with van der Waals surface area (Å²) in [5.41, 5.74) is 2.99. The Morgan fingerprint density at radius 1 is 0.947 bits per heavy atom. The molecule has 38 heavy (non-hydrogen) atoms. The van der Waals surface area contributed by atoms with Gasteiger partial charge in [-0.05, 0) is 79.9 Å². The van der Waals surface area contributed by atoms with E-state index < -0.39 is 17.9 Å². The fraction of sp³-hybridized carbons (Fsp3) is 0.818. The van der Waals surface area contributed by atoms with Gasteiger partial charge in [-0.3, -0.25) is 9.59 Å². The van der Waals surface area contributed by atoms with Crippen molar-refractivity contribution in [3.8, 4) is 0 Å². The van der Waals surface area contributed by atoms with E-state index in [4.69, 9.17) is 4.74 Å². The maximum Gasteiger partial charge on any atom is 0.307 e. The van der Waals surface area contributed by atoms with Gasteiger partial charge in [-0.25, -0.2) is 0 Å². The van der Waals surface area contributed by atoms with Crippen molar-refractivity contribution >= 4 is 11.9 Å². The normalized spacial score (nSPS) is 26.1. The first-order chi connectivity index (χ1) is 17.8. The average Bonchev–Trinajstić information content (AvgIpc) is 2.80. The van der Waals surface area contributed by atoms with Crippen molar-refractivity contribution in [2.24, 2.45) is 35.0 Å². The molecule has 0 saturated heterocycles. The fourth-order valence-corrected chi connectivity index (χ4v) is 7.10. The molecule has 2 aliphatic rings. The van der Waals surface area contributed by atoms with E-state index in [9.17, 15) is 19.8 Å². The molecular weight excluding hydrogens is 476 g/mol. The molecule has 1 aliphatic carbocycles. The minimum absolute atomic E-state index is 0.0900. The van der Waals surface area contributed by atoms with E-state index in [0.29, 0.717) is 5.92 Å². The topological polar surface area (TPSA) is 83.8 Å². The molecule has 5 heteroatoms. The number of carbonyl (C=O) groups is 2. The lowest BCUT2D eigenvalue weighted by Gasteiger charge is -2.49. The van der Waals surface area contributed by atoms with Crippen LogP contribution >= 0.6 is 0 Å². The minimum atomic E-state index is -1.04. The number of carboxylic acids is 2. The van der Waals surface area contributed by atoms with Gasteiger partial charge in [0.1, 0.15) is 6.10 Å². The van der Waals surface area contributed by atoms with Gasteiger partial charge >= 0.3 is 11.9 Å². The van der Waals surface area contributed by atoms with Crippen molar-refractivity contribution in [3.63, 3.8) is 0 Å². The van der Waals surface area contributed by atoms with Gasteiger partial charge in [-0.15, -0.1) is 0 Å². The zero-order valence-corrected chi connectivity index (χ0v) is 25.6. The highest BCUT2D eigenvalue weighted by atomic mass is 16.5. The molecule has 0 aromatic heterocycles. The van der Waals surface area contributed by atoms with Crippen LogP contribution in [0, 0.1) is 35.0 Å². The summed E-state index contributed by atoms with van der Waals surface area (Å²) in [4.78, 5) is 24.2. The average molecular weight is 533 g/mol. The van der Waals surface area contributed by atoms with Crippen LogP contribution in [0.25, 0.3) is 0 Å². The third kappa shape index (κ3) is 8.88. The first kappa shape index (κ1) is 32.4. The number of hydrogen-bond acceptors (Lipinski definition) is 3. The molecule has 5 nitrogen and oxygen atoms in total. The number of ether oxygens (including phenoxy) is 1. The molecular formula is C33H56O5. The number of hydrogen-bond donors (Lipinski definition) is 2. The van der Waals surface area contributed by atoms with E-state index in [1.165, 1.54) is 44.1 Å². The molecule has 0 bridgehead atoms. The second kappa shape index (κ2) is 14.6. The highest BCUT2D eigenvalue weighted by molar-refractivity contribution is 5.79. The number of aliphatic carboxylic acids is 2. The van der Waals surface area contributed by atoms with Gasteiger partial charge in [0, 0.05) is 5.92 Å². The van der Waals surface area contributed by atoms with Crippen LogP contribution in [0.15, 0.2) is 22.5 Å². The summed E-state index contributed by atoms with van der Waals surface area (Å²) in [5.74, 6) is -0.223. The number of allylic oxidation sites excluding steroid dienone is 3. The molecule has 0 spiro atoms. The summed E-state index contributed by atoms with van der Waals surface area (Å²) in [5, 5.41) is 19.8. The third-order valence-corrected chi connectivity index (χ3v) is 9.58. The Kier molecular flexibility index (Phi) is 12.4. The number of rotatable bonds is 16. The van der Waals surface area contributed by atoms with Gasteiger partial charge in [0.05, 0.1) is 18.1 Å². The predicted molar refractivity (Wildman–Crippen MR) is 155 cm³/mol. The summed E-state index contributed by atoms with van der Waals surface area (Å²) in [6.45, 7) is 17.6. The molecule has 0 aromatic carbocycles. The summed E-state index contributed by atoms with van der Waals surface area (Å²) < 4.78 is 6.06. The standard InChI is InChI=1S/C33H56O5/c1-21(2)12-9-13-22(3)14-10-15-23(4)16-11-18-33(8)19-17-27-26(7)38-25(6)24(5)30(27)31(33)28(32(36)37)20-29(34)35/h21-23,26,28,31H,9-20H2,1-8H3,(H,34,35)(H,36,37). The predicted octanol–water partition coefficient (Wildman–Crippen LogP) is 9.03. The van der Waals surface area contributed by atoms with Crippen molar-refractivity contribution in [2.45, 2.75) is 139 Å². The molecule has 0 aromatic rings.